The van der Waals surface area contributed by atoms with E-state index in [1.165, 1.54) is 26.9 Å². The Labute approximate surface area is 226 Å². The summed E-state index contributed by atoms with van der Waals surface area (Å²) in [6.07, 6.45) is 7.49. The number of hydrogen-bond acceptors (Lipinski definition) is 4. The Morgan fingerprint density at radius 3 is 2.50 bits per heavy atom. The largest absolute Gasteiger partial charge is 0.246 e. The molecule has 0 N–H and O–H groups in total. The van der Waals surface area contributed by atoms with Crippen LogP contribution in [0.4, 0.5) is 0 Å². The van der Waals surface area contributed by atoms with Gasteiger partial charge in [0.2, 0.25) is 5.69 Å². The van der Waals surface area contributed by atoms with Crippen LogP contribution in [-0.2, 0) is 12.0 Å². The summed E-state index contributed by atoms with van der Waals surface area (Å²) in [6.45, 7) is 4.63. The van der Waals surface area contributed by atoms with Gasteiger partial charge in [0.15, 0.2) is 11.7 Å². The maximum absolute atomic E-state index is 4.87. The Balaban J connectivity index is 1.32. The van der Waals surface area contributed by atoms with E-state index in [-0.39, 0.29) is 5.54 Å². The monoisotopic (exact) mass is 514 g/mol. The maximum Gasteiger partial charge on any atom is 0.222 e. The van der Waals surface area contributed by atoms with Crippen molar-refractivity contribution in [2.45, 2.75) is 38.6 Å². The van der Waals surface area contributed by atoms with Crippen molar-refractivity contribution in [3.63, 3.8) is 0 Å². The molecule has 38 heavy (non-hydrogen) atoms. The second-order valence-corrected chi connectivity index (χ2v) is 11.1. The number of rotatable bonds is 5. The fourth-order valence-corrected chi connectivity index (χ4v) is 7.03. The van der Waals surface area contributed by atoms with Crippen molar-refractivity contribution in [2.75, 3.05) is 0 Å². The number of benzene rings is 2. The van der Waals surface area contributed by atoms with Crippen molar-refractivity contribution >= 4 is 22.1 Å². The van der Waals surface area contributed by atoms with Crippen molar-refractivity contribution in [2.24, 2.45) is 0 Å². The van der Waals surface area contributed by atoms with Crippen molar-refractivity contribution in [3.05, 3.63) is 102 Å². The SMILES string of the molecule is CCC1(CC)Cc2sc(-n3cc(-c4cccc(-c5ccccc5)n4)nn3)cc2-c2c3ccccc3cc[n+]21. The first kappa shape index (κ1) is 23.0. The van der Waals surface area contributed by atoms with E-state index in [0.717, 1.165) is 46.9 Å². The average molecular weight is 515 g/mol. The Morgan fingerprint density at radius 2 is 1.66 bits per heavy atom. The lowest BCUT2D eigenvalue weighted by Gasteiger charge is -2.31. The Bertz CT molecular complexity index is 1780. The van der Waals surface area contributed by atoms with Gasteiger partial charge in [0.25, 0.3) is 0 Å². The minimum Gasteiger partial charge on any atom is -0.246 e. The zero-order valence-corrected chi connectivity index (χ0v) is 22.3. The van der Waals surface area contributed by atoms with E-state index < -0.39 is 0 Å². The minimum atomic E-state index is 0.0732. The number of nitrogens with zero attached hydrogens (tertiary/aromatic N) is 5. The molecule has 4 aromatic heterocycles. The van der Waals surface area contributed by atoms with Crippen LogP contribution in [-0.4, -0.2) is 20.0 Å². The van der Waals surface area contributed by atoms with E-state index >= 15 is 0 Å². The molecule has 186 valence electrons. The van der Waals surface area contributed by atoms with E-state index in [1.807, 2.05) is 58.6 Å². The van der Waals surface area contributed by atoms with Gasteiger partial charge in [-0.25, -0.2) is 9.67 Å². The summed E-state index contributed by atoms with van der Waals surface area (Å²) in [4.78, 5) is 6.29. The number of thiophene rings is 1. The van der Waals surface area contributed by atoms with Crippen LogP contribution in [0, 0.1) is 0 Å². The standard InChI is InChI=1S/C32H28N5S/c1-3-32(4-2)20-29-25(31-24-14-9-8-11-22(24)17-18-36(31)32)19-30(38-29)37-21-28(34-35-37)27-16-10-15-26(33-27)23-12-6-5-7-13-23/h5-19,21H,3-4,20H2,1-2H3/q+1. The van der Waals surface area contributed by atoms with Crippen LogP contribution >= 0.6 is 11.3 Å². The summed E-state index contributed by atoms with van der Waals surface area (Å²) in [5.41, 5.74) is 6.30. The highest BCUT2D eigenvalue weighted by Gasteiger charge is 2.45. The van der Waals surface area contributed by atoms with Gasteiger partial charge in [-0.3, -0.25) is 0 Å². The fourth-order valence-electron chi connectivity index (χ4n) is 5.81. The summed E-state index contributed by atoms with van der Waals surface area (Å²) in [5, 5.41) is 12.7. The summed E-state index contributed by atoms with van der Waals surface area (Å²) < 4.78 is 4.45. The topological polar surface area (TPSA) is 47.5 Å². The number of aromatic nitrogens is 5. The molecule has 1 aliphatic heterocycles. The summed E-state index contributed by atoms with van der Waals surface area (Å²) in [6, 6.07) is 29.6. The lowest BCUT2D eigenvalue weighted by Crippen LogP contribution is -2.59. The normalized spacial score (nSPS) is 13.8. The molecule has 0 saturated heterocycles. The quantitative estimate of drug-likeness (QED) is 0.228. The van der Waals surface area contributed by atoms with Crippen molar-refractivity contribution < 1.29 is 4.57 Å². The highest BCUT2D eigenvalue weighted by molar-refractivity contribution is 7.15. The third kappa shape index (κ3) is 3.59. The Kier molecular flexibility index (Phi) is 5.44. The first-order chi connectivity index (χ1) is 18.7. The van der Waals surface area contributed by atoms with Gasteiger partial charge in [0.05, 0.1) is 28.5 Å². The Morgan fingerprint density at radius 1 is 0.868 bits per heavy atom. The van der Waals surface area contributed by atoms with Gasteiger partial charge in [-0.05, 0) is 29.7 Å². The zero-order chi connectivity index (χ0) is 25.7. The van der Waals surface area contributed by atoms with E-state index in [4.69, 9.17) is 4.98 Å². The van der Waals surface area contributed by atoms with Crippen LogP contribution in [0.25, 0.3) is 49.7 Å². The molecular formula is C32H28N5S+. The van der Waals surface area contributed by atoms with Crippen LogP contribution in [0.15, 0.2) is 97.3 Å². The summed E-state index contributed by atoms with van der Waals surface area (Å²) >= 11 is 1.83. The number of hydrogen-bond donors (Lipinski definition) is 0. The van der Waals surface area contributed by atoms with Gasteiger partial charge in [0.1, 0.15) is 10.7 Å². The van der Waals surface area contributed by atoms with Gasteiger partial charge < -0.3 is 0 Å². The summed E-state index contributed by atoms with van der Waals surface area (Å²) in [5.74, 6) is 0. The Hall–Kier alpha value is -4.16. The van der Waals surface area contributed by atoms with Gasteiger partial charge in [-0.1, -0.05) is 73.7 Å². The van der Waals surface area contributed by atoms with Gasteiger partial charge in [-0.15, -0.1) is 16.4 Å². The van der Waals surface area contributed by atoms with E-state index in [2.05, 4.69) is 83.5 Å². The minimum absolute atomic E-state index is 0.0732. The molecule has 6 aromatic rings. The lowest BCUT2D eigenvalue weighted by atomic mass is 9.82. The average Bonchev–Trinajstić information content (AvgIpc) is 3.64. The van der Waals surface area contributed by atoms with Gasteiger partial charge >= 0.3 is 0 Å². The fraction of sp³-hybridized carbons (Fsp3) is 0.188. The molecule has 5 nitrogen and oxygen atoms in total. The molecule has 0 spiro atoms. The molecule has 0 saturated carbocycles. The van der Waals surface area contributed by atoms with Crippen LogP contribution in [0.1, 0.15) is 31.6 Å². The molecule has 0 atom stereocenters. The third-order valence-electron chi connectivity index (χ3n) is 8.03. The first-order valence-corrected chi connectivity index (χ1v) is 14.0. The van der Waals surface area contributed by atoms with Crippen LogP contribution < -0.4 is 4.57 Å². The number of fused-ring (bicyclic) bond motifs is 5. The van der Waals surface area contributed by atoms with Gasteiger partial charge in [0, 0.05) is 35.8 Å². The molecule has 0 unspecified atom stereocenters. The van der Waals surface area contributed by atoms with E-state index in [0.29, 0.717) is 0 Å². The van der Waals surface area contributed by atoms with Gasteiger partial charge in [-0.2, -0.15) is 4.57 Å². The van der Waals surface area contributed by atoms with Crippen LogP contribution in [0.2, 0.25) is 0 Å². The molecule has 0 fully saturated rings. The molecule has 0 amide bonds. The predicted molar refractivity (Wildman–Crippen MR) is 153 cm³/mol. The number of pyridine rings is 2. The van der Waals surface area contributed by atoms with Crippen molar-refractivity contribution in [1.29, 1.82) is 0 Å². The molecule has 6 heteroatoms. The third-order valence-corrected chi connectivity index (χ3v) is 9.15. The predicted octanol–water partition coefficient (Wildman–Crippen LogP) is 7.24. The highest BCUT2D eigenvalue weighted by Crippen LogP contribution is 2.43. The van der Waals surface area contributed by atoms with Crippen LogP contribution in [0.5, 0.6) is 0 Å². The van der Waals surface area contributed by atoms with Crippen LogP contribution in [0.3, 0.4) is 0 Å². The van der Waals surface area contributed by atoms with Crippen molar-refractivity contribution in [3.8, 4) is 38.9 Å². The summed E-state index contributed by atoms with van der Waals surface area (Å²) in [7, 11) is 0. The molecule has 0 radical (unpaired) electrons. The van der Waals surface area contributed by atoms with Crippen molar-refractivity contribution in [1.82, 2.24) is 20.0 Å². The molecule has 2 aromatic carbocycles. The first-order valence-electron chi connectivity index (χ1n) is 13.2. The lowest BCUT2D eigenvalue weighted by molar-refractivity contribution is -0.757. The maximum atomic E-state index is 4.87. The van der Waals surface area contributed by atoms with E-state index in [1.54, 1.807) is 0 Å². The van der Waals surface area contributed by atoms with E-state index in [9.17, 15) is 0 Å². The second kappa shape index (κ2) is 8.99. The molecule has 0 aliphatic carbocycles. The second-order valence-electron chi connectivity index (χ2n) is 9.97. The molecule has 1 aliphatic rings. The molecular weight excluding hydrogens is 486 g/mol. The highest BCUT2D eigenvalue weighted by atomic mass is 32.1. The molecule has 0 bridgehead atoms. The molecule has 5 heterocycles. The zero-order valence-electron chi connectivity index (χ0n) is 21.5. The molecule has 7 rings (SSSR count). The smallest absolute Gasteiger partial charge is 0.222 e.